The van der Waals surface area contributed by atoms with E-state index in [-0.39, 0.29) is 0 Å². The van der Waals surface area contributed by atoms with Crippen molar-refractivity contribution < 1.29 is 4.57 Å². The van der Waals surface area contributed by atoms with Crippen molar-refractivity contribution in [1.29, 1.82) is 0 Å². The molecule has 0 N–H and O–H groups in total. The second-order valence-electron chi connectivity index (χ2n) is 4.25. The Bertz CT molecular complexity index is 677. The van der Waals surface area contributed by atoms with Gasteiger partial charge in [-0.1, -0.05) is 30.0 Å². The van der Waals surface area contributed by atoms with Gasteiger partial charge < -0.3 is 0 Å². The molecule has 0 atom stereocenters. The van der Waals surface area contributed by atoms with Gasteiger partial charge in [-0.2, -0.15) is 0 Å². The van der Waals surface area contributed by atoms with Crippen molar-refractivity contribution in [2.45, 2.75) is 9.79 Å². The van der Waals surface area contributed by atoms with E-state index in [4.69, 9.17) is 0 Å². The van der Waals surface area contributed by atoms with Gasteiger partial charge in [0, 0.05) is 27.3 Å². The molecular formula is C16H14NS+. The van der Waals surface area contributed by atoms with Gasteiger partial charge in [-0.15, -0.1) is 0 Å². The number of nitrogens with zero attached hydrogens (tertiary/aromatic N) is 1. The molecule has 3 aromatic rings. The van der Waals surface area contributed by atoms with Gasteiger partial charge in [0.05, 0.1) is 0 Å². The average Bonchev–Trinajstić information content (AvgIpc) is 2.41. The van der Waals surface area contributed by atoms with E-state index >= 15 is 0 Å². The highest BCUT2D eigenvalue weighted by atomic mass is 32.2. The van der Waals surface area contributed by atoms with Gasteiger partial charge in [0.25, 0.3) is 0 Å². The number of hydrogen-bond acceptors (Lipinski definition) is 1. The van der Waals surface area contributed by atoms with Crippen molar-refractivity contribution in [1.82, 2.24) is 0 Å². The maximum Gasteiger partial charge on any atom is 0.213 e. The zero-order chi connectivity index (χ0) is 12.4. The fraction of sp³-hybridized carbons (Fsp3) is 0.0625. The molecule has 0 saturated carbocycles. The Balaban J connectivity index is 2.01. The Morgan fingerprint density at radius 2 is 1.67 bits per heavy atom. The lowest BCUT2D eigenvalue weighted by molar-refractivity contribution is -0.645. The minimum atomic E-state index is 1.26. The SMILES string of the molecule is C[n+]1cccc2ccc(Sc3ccccc3)cc21. The quantitative estimate of drug-likeness (QED) is 0.627. The number of aromatic nitrogens is 1. The summed E-state index contributed by atoms with van der Waals surface area (Å²) in [4.78, 5) is 2.55. The molecule has 1 heterocycles. The summed E-state index contributed by atoms with van der Waals surface area (Å²) in [5.41, 5.74) is 1.26. The molecule has 0 unspecified atom stereocenters. The minimum absolute atomic E-state index is 1.26. The van der Waals surface area contributed by atoms with Gasteiger partial charge in [-0.3, -0.25) is 0 Å². The molecule has 88 valence electrons. The van der Waals surface area contributed by atoms with Crippen LogP contribution in [0.2, 0.25) is 0 Å². The highest BCUT2D eigenvalue weighted by molar-refractivity contribution is 7.99. The maximum atomic E-state index is 2.24. The van der Waals surface area contributed by atoms with Crippen molar-refractivity contribution in [3.05, 3.63) is 66.9 Å². The average molecular weight is 252 g/mol. The standard InChI is InChI=1S/C16H14NS/c1-17-11-5-6-13-9-10-15(12-16(13)17)18-14-7-3-2-4-8-14/h2-12H,1H3/q+1. The topological polar surface area (TPSA) is 3.88 Å². The van der Waals surface area contributed by atoms with Crippen LogP contribution in [0.1, 0.15) is 0 Å². The van der Waals surface area contributed by atoms with Crippen LogP contribution in [-0.2, 0) is 7.05 Å². The third kappa shape index (κ3) is 2.24. The van der Waals surface area contributed by atoms with Gasteiger partial charge >= 0.3 is 0 Å². The van der Waals surface area contributed by atoms with Crippen molar-refractivity contribution >= 4 is 22.7 Å². The van der Waals surface area contributed by atoms with Gasteiger partial charge in [0.1, 0.15) is 7.05 Å². The summed E-state index contributed by atoms with van der Waals surface area (Å²) >= 11 is 1.80. The van der Waals surface area contributed by atoms with Crippen LogP contribution in [0.5, 0.6) is 0 Å². The Labute approximate surface area is 111 Å². The molecule has 0 aliphatic heterocycles. The summed E-state index contributed by atoms with van der Waals surface area (Å²) in [6.45, 7) is 0. The predicted octanol–water partition coefficient (Wildman–Crippen LogP) is 3.82. The molecular weight excluding hydrogens is 238 g/mol. The molecule has 0 bridgehead atoms. The summed E-state index contributed by atoms with van der Waals surface area (Å²) in [5, 5.41) is 1.28. The summed E-state index contributed by atoms with van der Waals surface area (Å²) < 4.78 is 2.16. The zero-order valence-corrected chi connectivity index (χ0v) is 11.0. The Kier molecular flexibility index (Phi) is 3.03. The van der Waals surface area contributed by atoms with Crippen LogP contribution in [0.4, 0.5) is 0 Å². The molecule has 0 radical (unpaired) electrons. The van der Waals surface area contributed by atoms with E-state index in [9.17, 15) is 0 Å². The van der Waals surface area contributed by atoms with E-state index in [1.54, 1.807) is 11.8 Å². The highest BCUT2D eigenvalue weighted by Gasteiger charge is 2.05. The van der Waals surface area contributed by atoms with Crippen LogP contribution >= 0.6 is 11.8 Å². The third-order valence-electron chi connectivity index (χ3n) is 2.95. The number of aryl methyl sites for hydroxylation is 1. The van der Waals surface area contributed by atoms with Crippen LogP contribution in [0.25, 0.3) is 10.9 Å². The monoisotopic (exact) mass is 252 g/mol. The van der Waals surface area contributed by atoms with E-state index in [2.05, 4.69) is 72.4 Å². The van der Waals surface area contributed by atoms with Crippen molar-refractivity contribution in [3.63, 3.8) is 0 Å². The molecule has 1 nitrogen and oxygen atoms in total. The lowest BCUT2D eigenvalue weighted by Crippen LogP contribution is -2.27. The normalized spacial score (nSPS) is 10.7. The first-order valence-electron chi connectivity index (χ1n) is 5.94. The lowest BCUT2D eigenvalue weighted by atomic mass is 10.2. The second-order valence-corrected chi connectivity index (χ2v) is 5.40. The van der Waals surface area contributed by atoms with Crippen LogP contribution in [0.15, 0.2) is 76.7 Å². The Morgan fingerprint density at radius 1 is 0.833 bits per heavy atom. The van der Waals surface area contributed by atoms with Crippen molar-refractivity contribution in [2.24, 2.45) is 7.05 Å². The summed E-state index contributed by atoms with van der Waals surface area (Å²) in [7, 11) is 2.08. The van der Waals surface area contributed by atoms with E-state index in [1.165, 1.54) is 20.7 Å². The summed E-state index contributed by atoms with van der Waals surface area (Å²) in [6.07, 6.45) is 2.08. The van der Waals surface area contributed by atoms with Gasteiger partial charge in [0.15, 0.2) is 6.20 Å². The van der Waals surface area contributed by atoms with Crippen LogP contribution in [0.3, 0.4) is 0 Å². The third-order valence-corrected chi connectivity index (χ3v) is 3.94. The molecule has 2 heteroatoms. The first kappa shape index (κ1) is 11.3. The van der Waals surface area contributed by atoms with Crippen LogP contribution in [-0.4, -0.2) is 0 Å². The second kappa shape index (κ2) is 4.83. The molecule has 0 saturated heterocycles. The number of benzene rings is 2. The number of hydrogen-bond donors (Lipinski definition) is 0. The molecule has 0 spiro atoms. The number of rotatable bonds is 2. The predicted molar refractivity (Wildman–Crippen MR) is 75.7 cm³/mol. The molecule has 2 aromatic carbocycles. The maximum absolute atomic E-state index is 2.24. The molecule has 0 aliphatic rings. The fourth-order valence-electron chi connectivity index (χ4n) is 2.01. The summed E-state index contributed by atoms with van der Waals surface area (Å²) in [5.74, 6) is 0. The molecule has 18 heavy (non-hydrogen) atoms. The van der Waals surface area contributed by atoms with E-state index in [0.717, 1.165) is 0 Å². The van der Waals surface area contributed by atoms with Gasteiger partial charge in [-0.05, 0) is 30.3 Å². The number of pyridine rings is 1. The molecule has 0 amide bonds. The lowest BCUT2D eigenvalue weighted by Gasteiger charge is -2.02. The van der Waals surface area contributed by atoms with Crippen LogP contribution < -0.4 is 4.57 Å². The van der Waals surface area contributed by atoms with E-state index < -0.39 is 0 Å². The van der Waals surface area contributed by atoms with Gasteiger partial charge in [0.2, 0.25) is 5.52 Å². The Morgan fingerprint density at radius 3 is 2.50 bits per heavy atom. The molecule has 3 rings (SSSR count). The molecule has 0 fully saturated rings. The molecule has 0 aliphatic carbocycles. The minimum Gasteiger partial charge on any atom is -0.201 e. The van der Waals surface area contributed by atoms with E-state index in [1.807, 2.05) is 6.07 Å². The molecule has 1 aromatic heterocycles. The first-order chi connectivity index (χ1) is 8.83. The Hall–Kier alpha value is -1.80. The smallest absolute Gasteiger partial charge is 0.201 e. The number of fused-ring (bicyclic) bond motifs is 1. The van der Waals surface area contributed by atoms with E-state index in [0.29, 0.717) is 0 Å². The largest absolute Gasteiger partial charge is 0.213 e. The van der Waals surface area contributed by atoms with Crippen molar-refractivity contribution in [2.75, 3.05) is 0 Å². The highest BCUT2D eigenvalue weighted by Crippen LogP contribution is 2.28. The van der Waals surface area contributed by atoms with Gasteiger partial charge in [-0.25, -0.2) is 4.57 Å². The fourth-order valence-corrected chi connectivity index (χ4v) is 2.89. The van der Waals surface area contributed by atoms with Crippen molar-refractivity contribution in [3.8, 4) is 0 Å². The van der Waals surface area contributed by atoms with Crippen LogP contribution in [0, 0.1) is 0 Å². The summed E-state index contributed by atoms with van der Waals surface area (Å²) in [6, 6.07) is 21.3. The first-order valence-corrected chi connectivity index (χ1v) is 6.76. The zero-order valence-electron chi connectivity index (χ0n) is 10.2.